The van der Waals surface area contributed by atoms with Crippen LogP contribution in [0.5, 0.6) is 0 Å². The average molecular weight is 789 g/mol. The van der Waals surface area contributed by atoms with Crippen LogP contribution in [0.3, 0.4) is 0 Å². The number of hydrogen-bond acceptors (Lipinski definition) is 9. The number of hydrogen-bond donors (Lipinski definition) is 5. The molecule has 0 aliphatic heterocycles. The van der Waals surface area contributed by atoms with Gasteiger partial charge in [0, 0.05) is 66.4 Å². The minimum absolute atomic E-state index is 0.0959. The lowest BCUT2D eigenvalue weighted by Gasteiger charge is -2.25. The van der Waals surface area contributed by atoms with Crippen LogP contribution >= 0.6 is 39.4 Å². The van der Waals surface area contributed by atoms with Crippen LogP contribution in [0.15, 0.2) is 64.5 Å². The number of benzene rings is 2. The molecule has 1 heterocycles. The third-order valence-corrected chi connectivity index (χ3v) is 10.2. The van der Waals surface area contributed by atoms with Crippen molar-refractivity contribution in [3.63, 3.8) is 0 Å². The number of amides is 4. The molecule has 4 amide bonds. The first-order valence-electron chi connectivity index (χ1n) is 16.6. The maximum absolute atomic E-state index is 14.0. The van der Waals surface area contributed by atoms with Gasteiger partial charge >= 0.3 is 0 Å². The summed E-state index contributed by atoms with van der Waals surface area (Å²) in [5.41, 5.74) is 2.34. The van der Waals surface area contributed by atoms with Crippen molar-refractivity contribution < 1.29 is 19.2 Å². The molecule has 4 atom stereocenters. The van der Waals surface area contributed by atoms with E-state index in [0.717, 1.165) is 14.2 Å². The summed E-state index contributed by atoms with van der Waals surface area (Å²) in [5.74, 6) is -1.28. The second-order valence-electron chi connectivity index (χ2n) is 12.6. The Hall–Kier alpha value is -3.43. The third-order valence-electron chi connectivity index (χ3n) is 7.81. The highest BCUT2D eigenvalue weighted by atomic mass is 79.9. The first-order chi connectivity index (χ1) is 23.7. The summed E-state index contributed by atoms with van der Waals surface area (Å²) in [4.78, 5) is 54.2. The van der Waals surface area contributed by atoms with Crippen molar-refractivity contribution in [3.05, 3.63) is 86.0 Å². The Balaban J connectivity index is 1.84. The van der Waals surface area contributed by atoms with Gasteiger partial charge in [0.25, 0.3) is 11.8 Å². The summed E-state index contributed by atoms with van der Waals surface area (Å²) in [7, 11) is 5.70. The number of nitrogens with zero attached hydrogens (tertiary/aromatic N) is 2. The fourth-order valence-corrected chi connectivity index (χ4v) is 7.36. The maximum Gasteiger partial charge on any atom is 0.251 e. The van der Waals surface area contributed by atoms with Gasteiger partial charge < -0.3 is 30.9 Å². The van der Waals surface area contributed by atoms with Gasteiger partial charge in [-0.05, 0) is 92.6 Å². The number of rotatable bonds is 18. The summed E-state index contributed by atoms with van der Waals surface area (Å²) < 4.78 is 4.78. The van der Waals surface area contributed by atoms with Crippen LogP contribution in [-0.2, 0) is 16.0 Å². The number of carbonyl (C=O) groups is 4. The van der Waals surface area contributed by atoms with Gasteiger partial charge in [0.05, 0.1) is 15.9 Å². The maximum atomic E-state index is 14.0. The molecule has 272 valence electrons. The molecular formula is C36H50BrN7O4S2. The Morgan fingerprint density at radius 2 is 1.48 bits per heavy atom. The molecule has 0 aliphatic carbocycles. The first kappa shape index (κ1) is 41.0. The van der Waals surface area contributed by atoms with Crippen LogP contribution in [0, 0.1) is 5.92 Å². The molecule has 0 unspecified atom stereocenters. The molecule has 0 aliphatic rings. The van der Waals surface area contributed by atoms with Crippen molar-refractivity contribution in [1.29, 1.82) is 0 Å². The fourth-order valence-electron chi connectivity index (χ4n) is 5.11. The van der Waals surface area contributed by atoms with E-state index in [1.165, 1.54) is 12.1 Å². The first-order valence-corrected chi connectivity index (χ1v) is 19.0. The number of anilines is 1. The minimum Gasteiger partial charge on any atom is -0.355 e. The highest BCUT2D eigenvalue weighted by Crippen LogP contribution is 2.26. The van der Waals surface area contributed by atoms with Crippen molar-refractivity contribution in [2.45, 2.75) is 65.2 Å². The Kier molecular flexibility index (Phi) is 16.3. The molecule has 0 radical (unpaired) electrons. The number of likely N-dealkylation sites (N-methyl/N-ethyl adjacent to an activating group) is 1. The molecule has 0 saturated carbocycles. The van der Waals surface area contributed by atoms with Gasteiger partial charge in [-0.2, -0.15) is 0 Å². The Morgan fingerprint density at radius 3 is 2.04 bits per heavy atom. The zero-order valence-electron chi connectivity index (χ0n) is 30.0. The van der Waals surface area contributed by atoms with Crippen LogP contribution in [0.2, 0.25) is 0 Å². The lowest BCUT2D eigenvalue weighted by atomic mass is 10.0. The average Bonchev–Trinajstić information content (AvgIpc) is 3.49. The fraction of sp³-hybridized carbons (Fsp3) is 0.444. The molecular weight excluding hydrogens is 738 g/mol. The summed E-state index contributed by atoms with van der Waals surface area (Å²) in [6.07, 6.45) is 0.509. The van der Waals surface area contributed by atoms with Crippen LogP contribution in [-0.4, -0.2) is 80.3 Å². The largest absolute Gasteiger partial charge is 0.355 e. The van der Waals surface area contributed by atoms with Gasteiger partial charge in [-0.15, -0.1) is 11.3 Å². The predicted molar refractivity (Wildman–Crippen MR) is 208 cm³/mol. The molecule has 0 saturated heterocycles. The summed E-state index contributed by atoms with van der Waals surface area (Å²) in [6, 6.07) is 16.8. The summed E-state index contributed by atoms with van der Waals surface area (Å²) in [5, 5.41) is 15.1. The molecule has 11 nitrogen and oxygen atoms in total. The molecule has 1 aromatic heterocycles. The number of thiophene rings is 1. The lowest BCUT2D eigenvalue weighted by molar-refractivity contribution is -0.130. The molecule has 5 N–H and O–H groups in total. The van der Waals surface area contributed by atoms with E-state index in [9.17, 15) is 19.2 Å². The quantitative estimate of drug-likeness (QED) is 0.112. The minimum atomic E-state index is -0.663. The highest BCUT2D eigenvalue weighted by Gasteiger charge is 2.27. The molecule has 0 bridgehead atoms. The topological polar surface area (TPSA) is 135 Å². The second kappa shape index (κ2) is 19.8. The zero-order chi connectivity index (χ0) is 37.0. The van der Waals surface area contributed by atoms with Gasteiger partial charge in [0.2, 0.25) is 11.8 Å². The smallest absolute Gasteiger partial charge is 0.251 e. The van der Waals surface area contributed by atoms with E-state index in [-0.39, 0.29) is 42.1 Å². The Morgan fingerprint density at radius 1 is 0.840 bits per heavy atom. The van der Waals surface area contributed by atoms with E-state index < -0.39 is 18.1 Å². The van der Waals surface area contributed by atoms with Crippen LogP contribution < -0.4 is 30.9 Å². The Bertz CT molecular complexity index is 1590. The molecule has 14 heteroatoms. The molecule has 3 aromatic rings. The monoisotopic (exact) mass is 787 g/mol. The van der Waals surface area contributed by atoms with E-state index in [2.05, 4.69) is 42.5 Å². The van der Waals surface area contributed by atoms with Crippen molar-refractivity contribution in [2.75, 3.05) is 38.5 Å². The van der Waals surface area contributed by atoms with Crippen molar-refractivity contribution in [1.82, 2.24) is 30.9 Å². The Labute approximate surface area is 313 Å². The van der Waals surface area contributed by atoms with E-state index in [1.54, 1.807) is 36.5 Å². The molecule has 3 rings (SSSR count). The summed E-state index contributed by atoms with van der Waals surface area (Å²) in [6.45, 7) is 10.0. The zero-order valence-corrected chi connectivity index (χ0v) is 33.2. The SMILES string of the molecule is CCNC(=O)[C@@H](NC(=O)[C@H](C)NC[C@H](Cc1ccc(Br)s1)NC(=O)c1cc(C(=O)N[C@H](C)c2ccccc2)cc(N(C)SN(C)C)c1)C(C)C. The van der Waals surface area contributed by atoms with Gasteiger partial charge in [-0.25, -0.2) is 4.31 Å². The predicted octanol–water partition coefficient (Wildman–Crippen LogP) is 5.16. The standard InChI is InChI=1S/C36H50BrN7O4S2/c1-9-38-36(48)32(22(2)3)42-33(45)24(5)39-21-28(20-30-15-16-31(37)49-30)41-35(47)27-17-26(18-29(19-27)44(8)50-43(6)7)34(46)40-23(4)25-13-11-10-12-14-25/h10-19,22-24,28,32,39H,9,20-21H2,1-8H3,(H,38,48)(H,40,46)(H,41,47)(H,42,45)/t23-,24+,28+,32+/m1/s1. The molecule has 0 fully saturated rings. The normalized spacial score (nSPS) is 13.7. The second-order valence-corrected chi connectivity index (χ2v) is 16.6. The van der Waals surface area contributed by atoms with Gasteiger partial charge in [0.1, 0.15) is 6.04 Å². The lowest BCUT2D eigenvalue weighted by Crippen LogP contribution is -2.55. The van der Waals surface area contributed by atoms with Crippen LogP contribution in [0.4, 0.5) is 5.69 Å². The molecule has 50 heavy (non-hydrogen) atoms. The van der Waals surface area contributed by atoms with Gasteiger partial charge in [-0.1, -0.05) is 44.2 Å². The van der Waals surface area contributed by atoms with Crippen molar-refractivity contribution in [3.8, 4) is 0 Å². The van der Waals surface area contributed by atoms with Crippen molar-refractivity contribution >= 4 is 68.7 Å². The van der Waals surface area contributed by atoms with Crippen LogP contribution in [0.25, 0.3) is 0 Å². The van der Waals surface area contributed by atoms with Crippen molar-refractivity contribution in [2.24, 2.45) is 5.92 Å². The van der Waals surface area contributed by atoms with E-state index >= 15 is 0 Å². The number of halogens is 1. The van der Waals surface area contributed by atoms with E-state index in [4.69, 9.17) is 0 Å². The van der Waals surface area contributed by atoms with Gasteiger partial charge in [-0.3, -0.25) is 19.2 Å². The molecule has 2 aromatic carbocycles. The van der Waals surface area contributed by atoms with Gasteiger partial charge in [0.15, 0.2) is 0 Å². The highest BCUT2D eigenvalue weighted by molar-refractivity contribution is 9.11. The number of carbonyl (C=O) groups excluding carboxylic acids is 4. The van der Waals surface area contributed by atoms with E-state index in [1.807, 2.05) is 99.9 Å². The summed E-state index contributed by atoms with van der Waals surface area (Å²) >= 11 is 6.52. The molecule has 0 spiro atoms. The van der Waals surface area contributed by atoms with E-state index in [0.29, 0.717) is 29.8 Å². The third kappa shape index (κ3) is 12.7. The number of nitrogens with one attached hydrogen (secondary N) is 5. The van der Waals surface area contributed by atoms with Crippen LogP contribution in [0.1, 0.15) is 71.8 Å².